The van der Waals surface area contributed by atoms with Crippen molar-refractivity contribution in [1.29, 1.82) is 0 Å². The molecule has 0 spiro atoms. The second-order valence-electron chi connectivity index (χ2n) is 11.4. The highest BCUT2D eigenvalue weighted by Gasteiger charge is 2.25. The largest absolute Gasteiger partial charge is 0.278 e. The first-order valence-electron chi connectivity index (χ1n) is 14.9. The second-order valence-corrected chi connectivity index (χ2v) is 13.6. The van der Waals surface area contributed by atoms with Crippen molar-refractivity contribution in [3.05, 3.63) is 127 Å². The van der Waals surface area contributed by atoms with Crippen molar-refractivity contribution in [2.75, 3.05) is 0 Å². The molecule has 0 amide bonds. The van der Waals surface area contributed by atoms with Crippen molar-refractivity contribution >= 4 is 80.0 Å². The Kier molecular flexibility index (Phi) is 5.12. The Balaban J connectivity index is 1.29. The molecule has 0 unspecified atom stereocenters. The third kappa shape index (κ3) is 3.43. The number of para-hydroxylation sites is 1. The Hall–Kier alpha value is -5.04. The van der Waals surface area contributed by atoms with Gasteiger partial charge in [-0.2, -0.15) is 0 Å². The molecule has 1 aliphatic rings. The van der Waals surface area contributed by atoms with Crippen LogP contribution in [0.2, 0.25) is 0 Å². The molecule has 4 heterocycles. The molecule has 0 bridgehead atoms. The van der Waals surface area contributed by atoms with Crippen molar-refractivity contribution in [2.24, 2.45) is 0 Å². The van der Waals surface area contributed by atoms with Gasteiger partial charge in [0.25, 0.3) is 0 Å². The number of hydrogen-bond donors (Lipinski definition) is 0. The molecule has 6 heteroatoms. The lowest BCUT2D eigenvalue weighted by atomic mass is 10.0. The zero-order chi connectivity index (χ0) is 28.8. The topological polar surface area (TPSA) is 35.6 Å². The standard InChI is InChI=1S/C38H24N4S2/c1-5-13-31-25(9-1)26-10-2-6-14-32(26)42(31)38-40-39-37(23-17-19-35-29(21-23)27-11-3-7-15-33(27)43-35)41(38)24-18-20-36-30(22-24)28-12-4-8-16-34(28)44-36/h1,3-9,11-22H,2,10H2. The fraction of sp³-hybridized carbons (Fsp3) is 0.0526. The number of nitrogens with zero attached hydrogens (tertiary/aromatic N) is 4. The van der Waals surface area contributed by atoms with Crippen molar-refractivity contribution in [1.82, 2.24) is 19.3 Å². The summed E-state index contributed by atoms with van der Waals surface area (Å²) in [4.78, 5) is 0. The molecule has 208 valence electrons. The second kappa shape index (κ2) is 9.23. The fourth-order valence-electron chi connectivity index (χ4n) is 6.97. The number of aryl methyl sites for hydroxylation is 1. The van der Waals surface area contributed by atoms with Gasteiger partial charge < -0.3 is 0 Å². The van der Waals surface area contributed by atoms with Crippen LogP contribution in [0.5, 0.6) is 0 Å². The average molecular weight is 601 g/mol. The minimum absolute atomic E-state index is 0.804. The quantitative estimate of drug-likeness (QED) is 0.202. The summed E-state index contributed by atoms with van der Waals surface area (Å²) in [5.41, 5.74) is 5.84. The van der Waals surface area contributed by atoms with Gasteiger partial charge in [-0.1, -0.05) is 60.7 Å². The first-order chi connectivity index (χ1) is 21.8. The van der Waals surface area contributed by atoms with E-state index in [1.54, 1.807) is 0 Å². The Bertz CT molecular complexity index is 2630. The predicted molar refractivity (Wildman–Crippen MR) is 187 cm³/mol. The van der Waals surface area contributed by atoms with Crippen molar-refractivity contribution in [3.8, 4) is 23.0 Å². The van der Waals surface area contributed by atoms with Crippen LogP contribution in [0.25, 0.3) is 80.3 Å². The number of aromatic nitrogens is 4. The maximum absolute atomic E-state index is 4.98. The number of benzene rings is 5. The van der Waals surface area contributed by atoms with E-state index in [-0.39, 0.29) is 0 Å². The summed E-state index contributed by atoms with van der Waals surface area (Å²) in [6.07, 6.45) is 6.61. The molecule has 4 aromatic heterocycles. The van der Waals surface area contributed by atoms with E-state index in [2.05, 4.69) is 130 Å². The molecular weight excluding hydrogens is 577 g/mol. The van der Waals surface area contributed by atoms with Gasteiger partial charge in [-0.25, -0.2) is 0 Å². The lowest BCUT2D eigenvalue weighted by molar-refractivity contribution is 0.886. The van der Waals surface area contributed by atoms with E-state index >= 15 is 0 Å². The molecule has 5 aromatic carbocycles. The maximum atomic E-state index is 4.98. The Labute approximate surface area is 260 Å². The van der Waals surface area contributed by atoms with Crippen molar-refractivity contribution < 1.29 is 0 Å². The molecule has 0 saturated heterocycles. The molecule has 1 aliphatic carbocycles. The Morgan fingerprint density at radius 1 is 0.568 bits per heavy atom. The van der Waals surface area contributed by atoms with Gasteiger partial charge in [0.15, 0.2) is 5.82 Å². The average Bonchev–Trinajstić information content (AvgIpc) is 3.84. The lowest BCUT2D eigenvalue weighted by Gasteiger charge is -2.15. The summed E-state index contributed by atoms with van der Waals surface area (Å²) in [5, 5.41) is 16.3. The van der Waals surface area contributed by atoms with E-state index in [0.29, 0.717) is 0 Å². The molecule has 0 fully saturated rings. The van der Waals surface area contributed by atoms with Gasteiger partial charge in [0.05, 0.1) is 16.9 Å². The van der Waals surface area contributed by atoms with Gasteiger partial charge in [0.1, 0.15) is 0 Å². The molecule has 10 rings (SSSR count). The molecule has 0 atom stereocenters. The third-order valence-electron chi connectivity index (χ3n) is 8.96. The third-order valence-corrected chi connectivity index (χ3v) is 11.3. The van der Waals surface area contributed by atoms with E-state index < -0.39 is 0 Å². The smallest absolute Gasteiger partial charge is 0.241 e. The van der Waals surface area contributed by atoms with Crippen LogP contribution in [0.1, 0.15) is 17.7 Å². The van der Waals surface area contributed by atoms with Gasteiger partial charge in [-0.3, -0.25) is 9.13 Å². The van der Waals surface area contributed by atoms with E-state index in [1.165, 1.54) is 57.0 Å². The highest BCUT2D eigenvalue weighted by atomic mass is 32.1. The summed E-state index contributed by atoms with van der Waals surface area (Å²) in [6.45, 7) is 0. The number of fused-ring (bicyclic) bond motifs is 9. The van der Waals surface area contributed by atoms with Crippen molar-refractivity contribution in [2.45, 2.75) is 12.8 Å². The van der Waals surface area contributed by atoms with E-state index in [1.807, 2.05) is 22.7 Å². The maximum Gasteiger partial charge on any atom is 0.241 e. The van der Waals surface area contributed by atoms with Crippen LogP contribution in [0, 0.1) is 0 Å². The predicted octanol–water partition coefficient (Wildman–Crippen LogP) is 10.6. The highest BCUT2D eigenvalue weighted by Crippen LogP contribution is 2.40. The first kappa shape index (κ1) is 24.4. The van der Waals surface area contributed by atoms with Crippen LogP contribution in [-0.4, -0.2) is 19.3 Å². The summed E-state index contributed by atoms with van der Waals surface area (Å²) in [6, 6.07) is 39.6. The van der Waals surface area contributed by atoms with Gasteiger partial charge in [0, 0.05) is 51.3 Å². The van der Waals surface area contributed by atoms with Gasteiger partial charge in [-0.05, 0) is 79.1 Å². The Morgan fingerprint density at radius 3 is 2.02 bits per heavy atom. The van der Waals surface area contributed by atoms with Crippen LogP contribution >= 0.6 is 22.7 Å². The molecule has 44 heavy (non-hydrogen) atoms. The monoisotopic (exact) mass is 600 g/mol. The molecule has 0 N–H and O–H groups in total. The molecule has 4 nitrogen and oxygen atoms in total. The summed E-state index contributed by atoms with van der Waals surface area (Å²) < 4.78 is 9.73. The van der Waals surface area contributed by atoms with Gasteiger partial charge in [-0.15, -0.1) is 32.9 Å². The summed E-state index contributed by atoms with van der Waals surface area (Å²) in [7, 11) is 0. The summed E-state index contributed by atoms with van der Waals surface area (Å²) >= 11 is 3.68. The lowest BCUT2D eigenvalue weighted by Crippen LogP contribution is -2.09. The zero-order valence-corrected chi connectivity index (χ0v) is 25.2. The zero-order valence-electron chi connectivity index (χ0n) is 23.6. The van der Waals surface area contributed by atoms with Gasteiger partial charge in [0.2, 0.25) is 5.95 Å². The van der Waals surface area contributed by atoms with Crippen LogP contribution < -0.4 is 0 Å². The fourth-order valence-corrected chi connectivity index (χ4v) is 9.14. The molecule has 0 radical (unpaired) electrons. The van der Waals surface area contributed by atoms with Crippen LogP contribution in [0.15, 0.2) is 115 Å². The minimum Gasteiger partial charge on any atom is -0.278 e. The number of rotatable bonds is 3. The summed E-state index contributed by atoms with van der Waals surface area (Å²) in [5.74, 6) is 1.64. The number of hydrogen-bond acceptors (Lipinski definition) is 4. The molecule has 9 aromatic rings. The van der Waals surface area contributed by atoms with Crippen LogP contribution in [-0.2, 0) is 6.42 Å². The Morgan fingerprint density at radius 2 is 1.23 bits per heavy atom. The number of allylic oxidation sites excluding steroid dienone is 1. The normalized spacial score (nSPS) is 13.2. The van der Waals surface area contributed by atoms with Crippen molar-refractivity contribution in [3.63, 3.8) is 0 Å². The van der Waals surface area contributed by atoms with Crippen LogP contribution in [0.4, 0.5) is 0 Å². The van der Waals surface area contributed by atoms with E-state index in [9.17, 15) is 0 Å². The first-order valence-corrected chi connectivity index (χ1v) is 16.5. The number of thiophene rings is 2. The van der Waals surface area contributed by atoms with Gasteiger partial charge >= 0.3 is 0 Å². The van der Waals surface area contributed by atoms with Crippen LogP contribution in [0.3, 0.4) is 0 Å². The van der Waals surface area contributed by atoms with E-state index in [0.717, 1.165) is 41.4 Å². The minimum atomic E-state index is 0.804. The van der Waals surface area contributed by atoms with E-state index in [4.69, 9.17) is 10.2 Å². The molecule has 0 aliphatic heterocycles. The SMILES string of the molecule is C1=Cc2c(c3ccccc3n2-c2nnc(-c3ccc4sc5ccccc5c4c3)n2-c2ccc3sc4ccccc4c3c2)CC1. The highest BCUT2D eigenvalue weighted by molar-refractivity contribution is 7.26. The molecule has 0 saturated carbocycles. The molecular formula is C38H24N4S2.